The van der Waals surface area contributed by atoms with E-state index in [2.05, 4.69) is 11.8 Å². The highest BCUT2D eigenvalue weighted by Crippen LogP contribution is 2.22. The van der Waals surface area contributed by atoms with E-state index in [9.17, 15) is 14.9 Å². The minimum Gasteiger partial charge on any atom is -0.462 e. The van der Waals surface area contributed by atoms with Crippen molar-refractivity contribution >= 4 is 23.5 Å². The molecule has 2 aromatic heterocycles. The van der Waals surface area contributed by atoms with Gasteiger partial charge in [-0.25, -0.2) is 9.78 Å². The molecule has 1 aliphatic heterocycles. The molecule has 3 rings (SSSR count). The third kappa shape index (κ3) is 4.15. The molecule has 0 bridgehead atoms. The fourth-order valence-corrected chi connectivity index (χ4v) is 3.43. The van der Waals surface area contributed by atoms with Crippen LogP contribution in [0.2, 0.25) is 0 Å². The number of hydrogen-bond acceptors (Lipinski definition) is 7. The van der Waals surface area contributed by atoms with E-state index in [1.807, 2.05) is 24.0 Å². The number of esters is 1. The maximum Gasteiger partial charge on any atom is 0.348 e. The van der Waals surface area contributed by atoms with Gasteiger partial charge in [0.15, 0.2) is 0 Å². The summed E-state index contributed by atoms with van der Waals surface area (Å²) in [5.74, 6) is -0.248. The van der Waals surface area contributed by atoms with Crippen LogP contribution in [0.25, 0.3) is 11.7 Å². The van der Waals surface area contributed by atoms with Gasteiger partial charge in [0, 0.05) is 32.4 Å². The number of pyridine rings is 1. The zero-order valence-electron chi connectivity index (χ0n) is 17.0. The first-order valence-electron chi connectivity index (χ1n) is 9.78. The quantitative estimate of drug-likeness (QED) is 0.432. The second-order valence-corrected chi connectivity index (χ2v) is 6.85. The van der Waals surface area contributed by atoms with Crippen LogP contribution < -0.4 is 10.5 Å². The molecule has 0 unspecified atom stereocenters. The first-order valence-corrected chi connectivity index (χ1v) is 9.78. The molecule has 1 aliphatic rings. The maximum absolute atomic E-state index is 13.3. The number of piperazine rings is 1. The van der Waals surface area contributed by atoms with Gasteiger partial charge >= 0.3 is 5.97 Å². The van der Waals surface area contributed by atoms with Crippen molar-refractivity contribution in [3.05, 3.63) is 45.4 Å². The zero-order valence-corrected chi connectivity index (χ0v) is 17.0. The van der Waals surface area contributed by atoms with E-state index in [0.717, 1.165) is 25.2 Å². The highest BCUT2D eigenvalue weighted by atomic mass is 16.5. The van der Waals surface area contributed by atoms with E-state index >= 15 is 0 Å². The molecule has 1 saturated heterocycles. The number of carbonyl (C=O) groups is 1. The maximum atomic E-state index is 13.3. The highest BCUT2D eigenvalue weighted by Gasteiger charge is 2.23. The Morgan fingerprint density at radius 3 is 2.66 bits per heavy atom. The van der Waals surface area contributed by atoms with Crippen LogP contribution in [0.15, 0.2) is 28.7 Å². The number of anilines is 1. The van der Waals surface area contributed by atoms with Crippen LogP contribution in [0.5, 0.6) is 0 Å². The van der Waals surface area contributed by atoms with E-state index in [1.165, 1.54) is 10.5 Å². The molecule has 152 valence electrons. The number of carbonyl (C=O) groups excluding carboxylic acids is 1. The summed E-state index contributed by atoms with van der Waals surface area (Å²) in [7, 11) is 0. The Balaban J connectivity index is 2.19. The minimum atomic E-state index is -0.745. The number of hydrogen-bond donors (Lipinski definition) is 0. The third-order valence-corrected chi connectivity index (χ3v) is 5.09. The molecule has 29 heavy (non-hydrogen) atoms. The number of fused-ring (bicyclic) bond motifs is 1. The van der Waals surface area contributed by atoms with Crippen molar-refractivity contribution in [2.45, 2.75) is 20.8 Å². The van der Waals surface area contributed by atoms with Crippen LogP contribution in [0.1, 0.15) is 25.0 Å². The fourth-order valence-electron chi connectivity index (χ4n) is 3.43. The Hall–Kier alpha value is -3.18. The van der Waals surface area contributed by atoms with Crippen molar-refractivity contribution in [2.24, 2.45) is 0 Å². The summed E-state index contributed by atoms with van der Waals surface area (Å²) in [5, 5.41) is 9.43. The lowest BCUT2D eigenvalue weighted by Gasteiger charge is -2.35. The van der Waals surface area contributed by atoms with E-state index in [4.69, 9.17) is 9.72 Å². The summed E-state index contributed by atoms with van der Waals surface area (Å²) in [6, 6.07) is 5.52. The topological polar surface area (TPSA) is 90.9 Å². The summed E-state index contributed by atoms with van der Waals surface area (Å²) < 4.78 is 6.40. The Kier molecular flexibility index (Phi) is 6.29. The zero-order chi connectivity index (χ0) is 21.0. The Morgan fingerprint density at radius 2 is 2.03 bits per heavy atom. The fraction of sp³-hybridized carbons (Fsp3) is 0.429. The van der Waals surface area contributed by atoms with Gasteiger partial charge in [0.25, 0.3) is 5.56 Å². The molecule has 0 spiro atoms. The van der Waals surface area contributed by atoms with Gasteiger partial charge in [-0.1, -0.05) is 13.0 Å². The van der Waals surface area contributed by atoms with E-state index in [1.54, 1.807) is 19.2 Å². The molecule has 0 atom stereocenters. The van der Waals surface area contributed by atoms with Gasteiger partial charge in [-0.3, -0.25) is 9.20 Å². The van der Waals surface area contributed by atoms with Crippen molar-refractivity contribution in [3.63, 3.8) is 0 Å². The Morgan fingerprint density at radius 1 is 1.31 bits per heavy atom. The summed E-state index contributed by atoms with van der Waals surface area (Å²) in [6.45, 7) is 9.94. The van der Waals surface area contributed by atoms with Crippen LogP contribution in [-0.4, -0.2) is 59.6 Å². The number of ether oxygens (including phenoxy) is 1. The first-order chi connectivity index (χ1) is 14.0. The van der Waals surface area contributed by atoms with Gasteiger partial charge in [0.1, 0.15) is 23.1 Å². The molecular weight excluding hydrogens is 370 g/mol. The Labute approximate surface area is 169 Å². The summed E-state index contributed by atoms with van der Waals surface area (Å²) in [4.78, 5) is 34.5. The first kappa shape index (κ1) is 20.6. The number of nitrogens with zero attached hydrogens (tertiary/aromatic N) is 5. The van der Waals surface area contributed by atoms with Crippen molar-refractivity contribution in [1.29, 1.82) is 5.26 Å². The molecule has 1 fully saturated rings. The van der Waals surface area contributed by atoms with Crippen LogP contribution >= 0.6 is 0 Å². The molecule has 0 aromatic carbocycles. The lowest BCUT2D eigenvalue weighted by Crippen LogP contribution is -2.47. The van der Waals surface area contributed by atoms with Gasteiger partial charge in [0.05, 0.1) is 12.2 Å². The van der Waals surface area contributed by atoms with Gasteiger partial charge in [-0.15, -0.1) is 0 Å². The summed E-state index contributed by atoms with van der Waals surface area (Å²) in [5.41, 5.74) is 1.13. The van der Waals surface area contributed by atoms with Crippen LogP contribution in [-0.2, 0) is 9.53 Å². The summed E-state index contributed by atoms with van der Waals surface area (Å²) in [6.07, 6.45) is 2.95. The third-order valence-electron chi connectivity index (χ3n) is 5.09. The molecule has 0 N–H and O–H groups in total. The average molecular weight is 395 g/mol. The highest BCUT2D eigenvalue weighted by molar-refractivity contribution is 5.98. The normalized spacial score (nSPS) is 15.4. The second-order valence-electron chi connectivity index (χ2n) is 6.85. The Bertz CT molecular complexity index is 1040. The monoisotopic (exact) mass is 395 g/mol. The predicted molar refractivity (Wildman–Crippen MR) is 111 cm³/mol. The minimum absolute atomic E-state index is 0.151. The van der Waals surface area contributed by atoms with Gasteiger partial charge < -0.3 is 14.5 Å². The molecular formula is C21H25N5O3. The molecule has 2 aromatic rings. The second kappa shape index (κ2) is 8.88. The average Bonchev–Trinajstić information content (AvgIpc) is 2.74. The molecule has 0 radical (unpaired) electrons. The van der Waals surface area contributed by atoms with Crippen molar-refractivity contribution in [3.8, 4) is 6.07 Å². The largest absolute Gasteiger partial charge is 0.462 e. The van der Waals surface area contributed by atoms with Crippen LogP contribution in [0.3, 0.4) is 0 Å². The number of likely N-dealkylation sites (N-methyl/N-ethyl adjacent to an activating group) is 1. The number of nitriles is 1. The molecule has 0 aliphatic carbocycles. The van der Waals surface area contributed by atoms with Crippen LogP contribution in [0, 0.1) is 18.3 Å². The van der Waals surface area contributed by atoms with E-state index in [-0.39, 0.29) is 23.3 Å². The number of aryl methyl sites for hydroxylation is 1. The predicted octanol–water partition coefficient (Wildman–Crippen LogP) is 1.61. The van der Waals surface area contributed by atoms with Gasteiger partial charge in [0.2, 0.25) is 0 Å². The SMILES string of the molecule is CCOC(=O)/C(C#N)=C\c1c(N2CCN(CC)CC2)nc2c(C)cccn2c1=O. The molecule has 8 nitrogen and oxygen atoms in total. The van der Waals surface area contributed by atoms with E-state index in [0.29, 0.717) is 24.6 Å². The molecule has 0 saturated carbocycles. The smallest absolute Gasteiger partial charge is 0.348 e. The molecule has 0 amide bonds. The molecule has 3 heterocycles. The number of rotatable bonds is 5. The lowest BCUT2D eigenvalue weighted by molar-refractivity contribution is -0.137. The lowest BCUT2D eigenvalue weighted by atomic mass is 10.1. The van der Waals surface area contributed by atoms with Crippen LogP contribution in [0.4, 0.5) is 5.82 Å². The number of aromatic nitrogens is 2. The summed E-state index contributed by atoms with van der Waals surface area (Å²) >= 11 is 0. The van der Waals surface area contributed by atoms with Crippen molar-refractivity contribution < 1.29 is 9.53 Å². The van der Waals surface area contributed by atoms with Gasteiger partial charge in [-0.2, -0.15) is 5.26 Å². The molecule has 8 heteroatoms. The standard InChI is InChI=1S/C21H25N5O3/c1-4-24-9-11-25(12-10-24)19-17(13-16(14-22)21(28)29-5-2)20(27)26-8-6-7-15(3)18(26)23-19/h6-8,13H,4-5,9-12H2,1-3H3/b16-13-. The van der Waals surface area contributed by atoms with Crippen molar-refractivity contribution in [1.82, 2.24) is 14.3 Å². The van der Waals surface area contributed by atoms with E-state index < -0.39 is 5.97 Å². The van der Waals surface area contributed by atoms with Gasteiger partial charge in [-0.05, 0) is 38.1 Å². The van der Waals surface area contributed by atoms with Crippen molar-refractivity contribution in [2.75, 3.05) is 44.2 Å².